The highest BCUT2D eigenvalue weighted by Crippen LogP contribution is 2.05. The number of hydrogen-bond donors (Lipinski definition) is 5. The molecular weight excluding hydrogens is 306 g/mol. The highest BCUT2D eigenvalue weighted by Gasteiger charge is 2.26. The summed E-state index contributed by atoms with van der Waals surface area (Å²) in [5, 5.41) is 22.2. The largest absolute Gasteiger partial charge is 0.481 e. The maximum absolute atomic E-state index is 11.9. The molecule has 9 heteroatoms. The van der Waals surface area contributed by atoms with Gasteiger partial charge in [-0.3, -0.25) is 14.4 Å². The molecule has 4 atom stereocenters. The Morgan fingerprint density at radius 2 is 1.61 bits per heavy atom. The molecule has 0 bridgehead atoms. The summed E-state index contributed by atoms with van der Waals surface area (Å²) >= 11 is 0. The average Bonchev–Trinajstić information content (AvgIpc) is 2.48. The van der Waals surface area contributed by atoms with Crippen molar-refractivity contribution in [3.8, 4) is 0 Å². The van der Waals surface area contributed by atoms with E-state index >= 15 is 0 Å². The molecule has 0 heterocycles. The van der Waals surface area contributed by atoms with Crippen LogP contribution in [-0.4, -0.2) is 52.1 Å². The molecule has 2 amide bonds. The van der Waals surface area contributed by atoms with Gasteiger partial charge >= 0.3 is 11.9 Å². The van der Waals surface area contributed by atoms with Crippen molar-refractivity contribution >= 4 is 23.8 Å². The van der Waals surface area contributed by atoms with Crippen LogP contribution in [0.1, 0.15) is 40.0 Å². The van der Waals surface area contributed by atoms with Crippen LogP contribution < -0.4 is 16.4 Å². The Labute approximate surface area is 134 Å². The maximum atomic E-state index is 11.9. The van der Waals surface area contributed by atoms with E-state index in [1.165, 1.54) is 6.92 Å². The van der Waals surface area contributed by atoms with Gasteiger partial charge in [-0.2, -0.15) is 0 Å². The number of nitrogens with two attached hydrogens (primary N) is 1. The number of nitrogens with one attached hydrogen (secondary N) is 2. The van der Waals surface area contributed by atoms with Crippen LogP contribution in [0.25, 0.3) is 0 Å². The SMILES string of the molecule is CC[C@H](C)[C@H](N)C(=O)N[C@@H](C)C(=O)N[C@@H](CCC(=O)O)C(=O)O. The first kappa shape index (κ1) is 20.8. The van der Waals surface area contributed by atoms with Crippen molar-refractivity contribution in [1.82, 2.24) is 10.6 Å². The van der Waals surface area contributed by atoms with Crippen LogP contribution in [0.4, 0.5) is 0 Å². The van der Waals surface area contributed by atoms with Gasteiger partial charge in [0.15, 0.2) is 0 Å². The van der Waals surface area contributed by atoms with Crippen LogP contribution in [0.15, 0.2) is 0 Å². The van der Waals surface area contributed by atoms with E-state index < -0.39 is 48.3 Å². The van der Waals surface area contributed by atoms with Gasteiger partial charge in [0.1, 0.15) is 12.1 Å². The van der Waals surface area contributed by atoms with Gasteiger partial charge in [0.2, 0.25) is 11.8 Å². The summed E-state index contributed by atoms with van der Waals surface area (Å²) in [7, 11) is 0. The second kappa shape index (κ2) is 9.78. The van der Waals surface area contributed by atoms with Crippen LogP contribution in [-0.2, 0) is 19.2 Å². The fourth-order valence-corrected chi connectivity index (χ4v) is 1.71. The molecule has 0 spiro atoms. The lowest BCUT2D eigenvalue weighted by molar-refractivity contribution is -0.143. The number of carbonyl (C=O) groups is 4. The summed E-state index contributed by atoms with van der Waals surface area (Å²) < 4.78 is 0. The zero-order valence-corrected chi connectivity index (χ0v) is 13.5. The zero-order chi connectivity index (χ0) is 18.2. The van der Waals surface area contributed by atoms with Crippen molar-refractivity contribution in [2.24, 2.45) is 11.7 Å². The minimum atomic E-state index is -1.34. The lowest BCUT2D eigenvalue weighted by Crippen LogP contribution is -2.54. The third-order valence-electron chi connectivity index (χ3n) is 3.57. The van der Waals surface area contributed by atoms with Gasteiger partial charge in [-0.05, 0) is 19.3 Å². The van der Waals surface area contributed by atoms with Crippen LogP contribution in [0.5, 0.6) is 0 Å². The highest BCUT2D eigenvalue weighted by atomic mass is 16.4. The summed E-state index contributed by atoms with van der Waals surface area (Å²) in [6.07, 6.45) is 0.0613. The Kier molecular flexibility index (Phi) is 8.86. The molecule has 0 saturated heterocycles. The first-order valence-corrected chi connectivity index (χ1v) is 7.41. The Morgan fingerprint density at radius 3 is 2.04 bits per heavy atom. The summed E-state index contributed by atoms with van der Waals surface area (Å²) in [5.74, 6) is -3.78. The molecule has 0 fully saturated rings. The molecule has 0 radical (unpaired) electrons. The van der Waals surface area contributed by atoms with Gasteiger partial charge in [0.05, 0.1) is 6.04 Å². The van der Waals surface area contributed by atoms with Gasteiger partial charge < -0.3 is 26.6 Å². The number of amides is 2. The van der Waals surface area contributed by atoms with Gasteiger partial charge in [-0.25, -0.2) is 4.79 Å². The molecule has 9 nitrogen and oxygen atoms in total. The summed E-state index contributed by atoms with van der Waals surface area (Å²) in [6, 6.07) is -3.08. The average molecular weight is 331 g/mol. The van der Waals surface area contributed by atoms with Gasteiger partial charge in [-0.15, -0.1) is 0 Å². The minimum Gasteiger partial charge on any atom is -0.481 e. The monoisotopic (exact) mass is 331 g/mol. The van der Waals surface area contributed by atoms with Gasteiger partial charge in [0.25, 0.3) is 0 Å². The summed E-state index contributed by atoms with van der Waals surface area (Å²) in [6.45, 7) is 5.09. The van der Waals surface area contributed by atoms with Crippen LogP contribution in [0, 0.1) is 5.92 Å². The molecule has 0 unspecified atom stereocenters. The Balaban J connectivity index is 4.59. The van der Waals surface area contributed by atoms with E-state index in [1.54, 1.807) is 6.92 Å². The van der Waals surface area contributed by atoms with E-state index in [0.717, 1.165) is 0 Å². The molecule has 0 saturated carbocycles. The number of carbonyl (C=O) groups excluding carboxylic acids is 2. The topological polar surface area (TPSA) is 159 Å². The predicted octanol–water partition coefficient (Wildman–Crippen LogP) is -0.701. The molecule has 0 aromatic heterocycles. The standard InChI is InChI=1S/C14H25N3O6/c1-4-7(2)11(15)13(21)16-8(3)12(20)17-9(14(22)23)5-6-10(18)19/h7-9,11H,4-6,15H2,1-3H3,(H,16,21)(H,17,20)(H,18,19)(H,22,23)/t7-,8-,9-,11-/m0/s1. The fraction of sp³-hybridized carbons (Fsp3) is 0.714. The number of carboxylic acids is 2. The lowest BCUT2D eigenvalue weighted by Gasteiger charge is -2.22. The number of rotatable bonds is 10. The normalized spacial score (nSPS) is 15.8. The van der Waals surface area contributed by atoms with Crippen LogP contribution in [0.3, 0.4) is 0 Å². The third kappa shape index (κ3) is 7.59. The third-order valence-corrected chi connectivity index (χ3v) is 3.57. The predicted molar refractivity (Wildman–Crippen MR) is 81.5 cm³/mol. The smallest absolute Gasteiger partial charge is 0.326 e. The van der Waals surface area contributed by atoms with Crippen molar-refractivity contribution in [2.75, 3.05) is 0 Å². The van der Waals surface area contributed by atoms with E-state index in [-0.39, 0.29) is 12.3 Å². The van der Waals surface area contributed by atoms with E-state index in [4.69, 9.17) is 15.9 Å². The van der Waals surface area contributed by atoms with Crippen LogP contribution >= 0.6 is 0 Å². The minimum absolute atomic E-state index is 0.0624. The van der Waals surface area contributed by atoms with E-state index in [1.807, 2.05) is 6.92 Å². The molecule has 0 rings (SSSR count). The van der Waals surface area contributed by atoms with Crippen molar-refractivity contribution < 1.29 is 29.4 Å². The van der Waals surface area contributed by atoms with E-state index in [9.17, 15) is 19.2 Å². The second-order valence-corrected chi connectivity index (χ2v) is 5.47. The number of carboxylic acid groups (broad SMARTS) is 2. The zero-order valence-electron chi connectivity index (χ0n) is 13.5. The Bertz CT molecular complexity index is 454. The fourth-order valence-electron chi connectivity index (χ4n) is 1.71. The molecule has 132 valence electrons. The number of aliphatic carboxylic acids is 2. The Morgan fingerprint density at radius 1 is 1.04 bits per heavy atom. The summed E-state index contributed by atoms with van der Waals surface area (Å²) in [5.41, 5.74) is 5.75. The van der Waals surface area contributed by atoms with Gasteiger partial charge in [-0.1, -0.05) is 20.3 Å². The highest BCUT2D eigenvalue weighted by molar-refractivity contribution is 5.91. The quantitative estimate of drug-likeness (QED) is 0.354. The molecule has 0 aromatic carbocycles. The summed E-state index contributed by atoms with van der Waals surface area (Å²) in [4.78, 5) is 45.3. The molecular formula is C14H25N3O6. The van der Waals surface area contributed by atoms with Crippen LogP contribution in [0.2, 0.25) is 0 Å². The molecule has 6 N–H and O–H groups in total. The van der Waals surface area contributed by atoms with Crippen molar-refractivity contribution in [2.45, 2.75) is 58.2 Å². The van der Waals surface area contributed by atoms with Crippen molar-refractivity contribution in [3.05, 3.63) is 0 Å². The maximum Gasteiger partial charge on any atom is 0.326 e. The first-order valence-electron chi connectivity index (χ1n) is 7.41. The first-order chi connectivity index (χ1) is 10.6. The van der Waals surface area contributed by atoms with E-state index in [0.29, 0.717) is 6.42 Å². The molecule has 0 aliphatic rings. The van der Waals surface area contributed by atoms with Gasteiger partial charge in [0, 0.05) is 6.42 Å². The molecule has 23 heavy (non-hydrogen) atoms. The second-order valence-electron chi connectivity index (χ2n) is 5.47. The van der Waals surface area contributed by atoms with Crippen molar-refractivity contribution in [1.29, 1.82) is 0 Å². The molecule has 0 aliphatic heterocycles. The number of hydrogen-bond acceptors (Lipinski definition) is 5. The molecule has 0 aromatic rings. The van der Waals surface area contributed by atoms with Crippen molar-refractivity contribution in [3.63, 3.8) is 0 Å². The van der Waals surface area contributed by atoms with E-state index in [2.05, 4.69) is 10.6 Å². The lowest BCUT2D eigenvalue weighted by atomic mass is 9.99. The Hall–Kier alpha value is -2.16. The molecule has 0 aliphatic carbocycles.